The minimum absolute atomic E-state index is 0.0166. The van der Waals surface area contributed by atoms with Crippen molar-refractivity contribution >= 4 is 17.2 Å². The van der Waals surface area contributed by atoms with Gasteiger partial charge in [0.15, 0.2) is 16.6 Å². The second kappa shape index (κ2) is 9.04. The normalized spacial score (nSPS) is 13.7. The third-order valence-electron chi connectivity index (χ3n) is 5.48. The summed E-state index contributed by atoms with van der Waals surface area (Å²) in [5.74, 6) is -1.62. The molecule has 0 bridgehead atoms. The molecule has 0 spiro atoms. The molecule has 2 aromatic carbocycles. The first-order chi connectivity index (χ1) is 16.8. The molecule has 9 nitrogen and oxygen atoms in total. The molecule has 1 amide bonds. The van der Waals surface area contributed by atoms with E-state index >= 15 is 0 Å². The molecule has 35 heavy (non-hydrogen) atoms. The fourth-order valence-corrected chi connectivity index (χ4v) is 4.46. The number of likely N-dealkylation sites (tertiary alicyclic amines) is 1. The number of benzene rings is 2. The quantitative estimate of drug-likeness (QED) is 0.438. The lowest BCUT2D eigenvalue weighted by atomic mass is 10.2. The number of halogens is 2. The highest BCUT2D eigenvalue weighted by Gasteiger charge is 2.31. The number of carbonyl (C=O) groups excluding carboxylic acids is 1. The molecule has 1 saturated heterocycles. The molecular formula is C23H19F2N5O4S. The minimum atomic E-state index is -0.746. The number of nitrogens with zero attached hydrogens (tertiary/aromatic N) is 5. The molecule has 0 radical (unpaired) electrons. The number of hydrogen-bond donors (Lipinski definition) is 1. The zero-order valence-electron chi connectivity index (χ0n) is 18.4. The van der Waals surface area contributed by atoms with E-state index in [1.807, 2.05) is 0 Å². The maximum absolute atomic E-state index is 14.8. The molecule has 0 atom stereocenters. The average molecular weight is 499 g/mol. The number of β-amino-alcohol motifs (C(OH)–C–C–N with tert-alkyl or cyclic N) is 1. The Bertz CT molecular complexity index is 1470. The fraction of sp³-hybridized carbons (Fsp3) is 0.217. The van der Waals surface area contributed by atoms with Gasteiger partial charge in [-0.05, 0) is 25.1 Å². The van der Waals surface area contributed by atoms with Gasteiger partial charge in [0.2, 0.25) is 5.06 Å². The number of rotatable bonds is 6. The lowest BCUT2D eigenvalue weighted by Crippen LogP contribution is -2.53. The topological polar surface area (TPSA) is 102 Å². The molecular weight excluding hydrogens is 480 g/mol. The maximum atomic E-state index is 14.8. The van der Waals surface area contributed by atoms with Crippen LogP contribution in [0.4, 0.5) is 8.78 Å². The highest BCUT2D eigenvalue weighted by molar-refractivity contribution is 7.15. The second-order valence-electron chi connectivity index (χ2n) is 8.02. The molecule has 1 N–H and O–H groups in total. The predicted molar refractivity (Wildman–Crippen MR) is 122 cm³/mol. The third kappa shape index (κ3) is 4.45. The molecule has 1 fully saturated rings. The van der Waals surface area contributed by atoms with Gasteiger partial charge in [-0.25, -0.2) is 18.6 Å². The van der Waals surface area contributed by atoms with E-state index in [1.54, 1.807) is 25.1 Å². The number of aliphatic hydroxyl groups excluding tert-OH is 1. The van der Waals surface area contributed by atoms with Gasteiger partial charge in [-0.3, -0.25) is 9.36 Å². The van der Waals surface area contributed by atoms with Crippen LogP contribution in [0.1, 0.15) is 21.1 Å². The summed E-state index contributed by atoms with van der Waals surface area (Å²) in [4.78, 5) is 30.8. The Morgan fingerprint density at radius 1 is 1.20 bits per heavy atom. The Morgan fingerprint density at radius 2 is 1.97 bits per heavy atom. The van der Waals surface area contributed by atoms with E-state index in [-0.39, 0.29) is 47.0 Å². The Hall–Kier alpha value is -3.90. The van der Waals surface area contributed by atoms with Crippen LogP contribution >= 0.6 is 11.3 Å². The molecule has 1 aliphatic rings. The third-order valence-corrected chi connectivity index (χ3v) is 6.50. The van der Waals surface area contributed by atoms with Gasteiger partial charge >= 0.3 is 5.69 Å². The van der Waals surface area contributed by atoms with Crippen LogP contribution in [-0.2, 0) is 6.54 Å². The molecule has 4 aromatic rings. The van der Waals surface area contributed by atoms with Crippen LogP contribution < -0.4 is 10.4 Å². The van der Waals surface area contributed by atoms with Crippen molar-refractivity contribution in [1.29, 1.82) is 0 Å². The van der Waals surface area contributed by atoms with Gasteiger partial charge in [0.25, 0.3) is 5.91 Å². The van der Waals surface area contributed by atoms with Crippen molar-refractivity contribution in [3.05, 3.63) is 87.2 Å². The number of carbonyl (C=O) groups is 1. The van der Waals surface area contributed by atoms with Gasteiger partial charge in [-0.15, -0.1) is 0 Å². The first kappa shape index (κ1) is 22.9. The highest BCUT2D eigenvalue weighted by atomic mass is 32.1. The highest BCUT2D eigenvalue weighted by Crippen LogP contribution is 2.34. The van der Waals surface area contributed by atoms with Crippen LogP contribution in [0.15, 0.2) is 53.6 Å². The average Bonchev–Trinajstić information content (AvgIpc) is 3.36. The molecule has 3 heterocycles. The van der Waals surface area contributed by atoms with Gasteiger partial charge < -0.3 is 14.7 Å². The van der Waals surface area contributed by atoms with Crippen LogP contribution in [0.5, 0.6) is 10.8 Å². The van der Waals surface area contributed by atoms with E-state index in [4.69, 9.17) is 4.74 Å². The van der Waals surface area contributed by atoms with E-state index in [1.165, 1.54) is 34.0 Å². The van der Waals surface area contributed by atoms with Crippen LogP contribution in [0.2, 0.25) is 0 Å². The number of amides is 1. The van der Waals surface area contributed by atoms with E-state index in [0.717, 1.165) is 22.1 Å². The largest absolute Gasteiger partial charge is 0.442 e. The van der Waals surface area contributed by atoms with Crippen LogP contribution in [0.3, 0.4) is 0 Å². The molecule has 12 heteroatoms. The lowest BCUT2D eigenvalue weighted by Gasteiger charge is -2.35. The van der Waals surface area contributed by atoms with Crippen molar-refractivity contribution in [2.24, 2.45) is 0 Å². The summed E-state index contributed by atoms with van der Waals surface area (Å²) in [5.41, 5.74) is 0.359. The number of aliphatic hydroxyl groups is 1. The Kier molecular flexibility index (Phi) is 5.91. The van der Waals surface area contributed by atoms with E-state index in [9.17, 15) is 23.5 Å². The number of aryl methyl sites for hydroxylation is 1. The van der Waals surface area contributed by atoms with Gasteiger partial charge in [0.05, 0.1) is 24.0 Å². The standard InChI is InChI=1S/C23H19F2N5O4S/c1-13-22(35-20(27-13)21(32)28-10-16(31)11-28)34-19-7-6-15(8-18(19)25)30-23(33)29(12-26-30)9-14-4-2-3-5-17(14)24/h2-8,12,16,31H,9-11H2,1H3. The van der Waals surface area contributed by atoms with Gasteiger partial charge in [-0.1, -0.05) is 29.5 Å². The van der Waals surface area contributed by atoms with Crippen LogP contribution in [-0.4, -0.2) is 54.4 Å². The lowest BCUT2D eigenvalue weighted by molar-refractivity contribution is 0.00587. The summed E-state index contributed by atoms with van der Waals surface area (Å²) in [7, 11) is 0. The molecule has 0 unspecified atom stereocenters. The Morgan fingerprint density at radius 3 is 2.69 bits per heavy atom. The van der Waals surface area contributed by atoms with Crippen molar-refractivity contribution in [3.63, 3.8) is 0 Å². The van der Waals surface area contributed by atoms with Crippen molar-refractivity contribution < 1.29 is 23.4 Å². The van der Waals surface area contributed by atoms with E-state index in [0.29, 0.717) is 11.3 Å². The summed E-state index contributed by atoms with van der Waals surface area (Å²) in [6.07, 6.45) is 0.731. The van der Waals surface area contributed by atoms with Gasteiger partial charge in [0.1, 0.15) is 12.1 Å². The summed E-state index contributed by atoms with van der Waals surface area (Å²) >= 11 is 0.984. The van der Waals surface area contributed by atoms with E-state index in [2.05, 4.69) is 10.1 Å². The van der Waals surface area contributed by atoms with Crippen LogP contribution in [0.25, 0.3) is 5.69 Å². The summed E-state index contributed by atoms with van der Waals surface area (Å²) in [6, 6.07) is 10.0. The van der Waals surface area contributed by atoms with Crippen molar-refractivity contribution in [3.8, 4) is 16.5 Å². The number of aromatic nitrogens is 4. The first-order valence-electron chi connectivity index (χ1n) is 10.6. The van der Waals surface area contributed by atoms with Crippen LogP contribution in [0, 0.1) is 18.6 Å². The first-order valence-corrected chi connectivity index (χ1v) is 11.4. The van der Waals surface area contributed by atoms with Crippen molar-refractivity contribution in [2.45, 2.75) is 19.6 Å². The van der Waals surface area contributed by atoms with Gasteiger partial charge in [-0.2, -0.15) is 9.78 Å². The fourth-order valence-electron chi connectivity index (χ4n) is 3.56. The number of ether oxygens (including phenoxy) is 1. The molecule has 2 aromatic heterocycles. The van der Waals surface area contributed by atoms with Crippen molar-refractivity contribution in [2.75, 3.05) is 13.1 Å². The Labute approximate surface area is 201 Å². The zero-order valence-corrected chi connectivity index (χ0v) is 19.2. The Balaban J connectivity index is 1.34. The number of thiazole rings is 1. The van der Waals surface area contributed by atoms with Crippen molar-refractivity contribution in [1.82, 2.24) is 24.2 Å². The molecule has 1 aliphatic heterocycles. The smallest absolute Gasteiger partial charge is 0.350 e. The molecule has 0 saturated carbocycles. The number of hydrogen-bond acceptors (Lipinski definition) is 7. The SMILES string of the molecule is Cc1nc(C(=O)N2CC(O)C2)sc1Oc1ccc(-n2ncn(Cc3ccccc3F)c2=O)cc1F. The predicted octanol–water partition coefficient (Wildman–Crippen LogP) is 2.73. The molecule has 180 valence electrons. The second-order valence-corrected chi connectivity index (χ2v) is 8.98. The van der Waals surface area contributed by atoms with Gasteiger partial charge in [0, 0.05) is 24.7 Å². The summed E-state index contributed by atoms with van der Waals surface area (Å²) in [5, 5.41) is 13.8. The molecule has 0 aliphatic carbocycles. The van der Waals surface area contributed by atoms with E-state index < -0.39 is 23.4 Å². The zero-order chi connectivity index (χ0) is 24.7. The monoisotopic (exact) mass is 499 g/mol. The molecule has 5 rings (SSSR count). The summed E-state index contributed by atoms with van der Waals surface area (Å²) in [6.45, 7) is 2.12. The maximum Gasteiger partial charge on any atom is 0.350 e. The minimum Gasteiger partial charge on any atom is -0.442 e. The summed E-state index contributed by atoms with van der Waals surface area (Å²) < 4.78 is 36.6.